The molecule has 3 N–H and O–H groups in total. The molecule has 2 atom stereocenters. The van der Waals surface area contributed by atoms with Gasteiger partial charge in [0.1, 0.15) is 12.1 Å². The highest BCUT2D eigenvalue weighted by atomic mass is 32.2. The van der Waals surface area contributed by atoms with Crippen molar-refractivity contribution in [2.75, 3.05) is 31.3 Å². The summed E-state index contributed by atoms with van der Waals surface area (Å²) in [4.78, 5) is 26.6. The molecule has 0 unspecified atom stereocenters. The predicted molar refractivity (Wildman–Crippen MR) is 112 cm³/mol. The van der Waals surface area contributed by atoms with E-state index in [1.165, 1.54) is 28.4 Å². The Kier molecular flexibility index (Phi) is 7.38. The van der Waals surface area contributed by atoms with Crippen molar-refractivity contribution in [3.8, 4) is 0 Å². The van der Waals surface area contributed by atoms with Crippen LogP contribution in [0, 0.1) is 0 Å². The zero-order valence-electron chi connectivity index (χ0n) is 17.1. The average molecular weight is 451 g/mol. The van der Waals surface area contributed by atoms with Crippen molar-refractivity contribution in [1.29, 1.82) is 0 Å². The van der Waals surface area contributed by atoms with Gasteiger partial charge in [-0.25, -0.2) is 5.01 Å². The molecule has 0 radical (unpaired) electrons. The van der Waals surface area contributed by atoms with Crippen LogP contribution in [-0.2, 0) is 31.0 Å². The number of nitrogens with two attached hydrogens (primary N) is 1. The molecule has 1 aromatic heterocycles. The maximum Gasteiger partial charge on any atom is 0.280 e. The molecule has 0 aliphatic carbocycles. The summed E-state index contributed by atoms with van der Waals surface area (Å²) >= 11 is 0. The Morgan fingerprint density at radius 3 is 2.48 bits per heavy atom. The quantitative estimate of drug-likeness (QED) is 0.502. The Bertz CT molecular complexity index is 976. The fourth-order valence-electron chi connectivity index (χ4n) is 3.21. The van der Waals surface area contributed by atoms with Crippen LogP contribution in [0.2, 0.25) is 0 Å². The third kappa shape index (κ3) is 5.67. The number of morpholine rings is 1. The Hall–Kier alpha value is -2.80. The summed E-state index contributed by atoms with van der Waals surface area (Å²) in [5.74, 6) is -1.41. The second-order valence-corrected chi connectivity index (χ2v) is 8.77. The average Bonchev–Trinajstić information content (AvgIpc) is 3.29. The Morgan fingerprint density at radius 2 is 1.90 bits per heavy atom. The lowest BCUT2D eigenvalue weighted by Gasteiger charge is -2.32. The van der Waals surface area contributed by atoms with Crippen molar-refractivity contribution in [3.05, 3.63) is 54.4 Å². The molecule has 31 heavy (non-hydrogen) atoms. The molecule has 2 aromatic rings. The SMILES string of the molecule is C[C@@H](C(N)=O)N(C(=O)[C@H](Cc1ccccc1)NS(=O)(=O)N1CCOCC1)n1cccn1. The summed E-state index contributed by atoms with van der Waals surface area (Å²) in [7, 11) is -3.99. The van der Waals surface area contributed by atoms with E-state index in [0.29, 0.717) is 0 Å². The smallest absolute Gasteiger partial charge is 0.280 e. The Morgan fingerprint density at radius 1 is 1.23 bits per heavy atom. The van der Waals surface area contributed by atoms with Gasteiger partial charge >= 0.3 is 0 Å². The monoisotopic (exact) mass is 450 g/mol. The van der Waals surface area contributed by atoms with Crippen LogP contribution in [0.5, 0.6) is 0 Å². The van der Waals surface area contributed by atoms with Crippen molar-refractivity contribution in [2.24, 2.45) is 5.73 Å². The van der Waals surface area contributed by atoms with Crippen LogP contribution in [0.15, 0.2) is 48.8 Å². The molecule has 11 nitrogen and oxygen atoms in total. The van der Waals surface area contributed by atoms with Crippen molar-refractivity contribution in [3.63, 3.8) is 0 Å². The molecule has 12 heteroatoms. The van der Waals surface area contributed by atoms with Gasteiger partial charge in [0.15, 0.2) is 0 Å². The summed E-state index contributed by atoms with van der Waals surface area (Å²) in [6, 6.07) is 8.33. The molecular formula is C19H26N6O5S. The summed E-state index contributed by atoms with van der Waals surface area (Å²) in [6.07, 6.45) is 3.00. The molecule has 0 saturated carbocycles. The Balaban J connectivity index is 1.93. The van der Waals surface area contributed by atoms with E-state index >= 15 is 0 Å². The van der Waals surface area contributed by atoms with Gasteiger partial charge in [0, 0.05) is 19.3 Å². The third-order valence-electron chi connectivity index (χ3n) is 4.90. The van der Waals surface area contributed by atoms with E-state index < -0.39 is 34.1 Å². The molecule has 2 amide bonds. The van der Waals surface area contributed by atoms with E-state index in [1.807, 2.05) is 6.07 Å². The van der Waals surface area contributed by atoms with E-state index in [0.717, 1.165) is 10.6 Å². The molecule has 2 heterocycles. The number of amides is 2. The van der Waals surface area contributed by atoms with Gasteiger partial charge in [-0.3, -0.25) is 9.59 Å². The zero-order chi connectivity index (χ0) is 22.4. The summed E-state index contributed by atoms with van der Waals surface area (Å²) in [5.41, 5.74) is 6.19. The van der Waals surface area contributed by atoms with E-state index in [9.17, 15) is 18.0 Å². The maximum absolute atomic E-state index is 13.5. The number of ether oxygens (including phenoxy) is 1. The lowest BCUT2D eigenvalue weighted by atomic mass is 10.1. The largest absolute Gasteiger partial charge is 0.379 e. The van der Waals surface area contributed by atoms with Crippen LogP contribution in [0.1, 0.15) is 12.5 Å². The molecule has 1 aromatic carbocycles. The number of benzene rings is 1. The van der Waals surface area contributed by atoms with Crippen molar-refractivity contribution in [2.45, 2.75) is 25.4 Å². The van der Waals surface area contributed by atoms with E-state index in [2.05, 4.69) is 9.82 Å². The lowest BCUT2D eigenvalue weighted by Crippen LogP contribution is -2.61. The highest BCUT2D eigenvalue weighted by Crippen LogP contribution is 2.12. The first-order valence-corrected chi connectivity index (χ1v) is 11.2. The molecular weight excluding hydrogens is 424 g/mol. The first kappa shape index (κ1) is 22.9. The van der Waals surface area contributed by atoms with Crippen LogP contribution in [-0.4, -0.2) is 72.8 Å². The Labute approximate surface area is 180 Å². The van der Waals surface area contributed by atoms with Crippen molar-refractivity contribution >= 4 is 22.0 Å². The van der Waals surface area contributed by atoms with Gasteiger partial charge in [-0.15, -0.1) is 0 Å². The zero-order valence-corrected chi connectivity index (χ0v) is 17.9. The number of nitrogens with zero attached hydrogens (tertiary/aromatic N) is 4. The number of carbonyl (C=O) groups is 2. The third-order valence-corrected chi connectivity index (χ3v) is 6.52. The molecule has 1 aliphatic heterocycles. The first-order valence-electron chi connectivity index (χ1n) is 9.81. The fraction of sp³-hybridized carbons (Fsp3) is 0.421. The number of nitrogens with one attached hydrogen (secondary N) is 1. The number of hydrogen-bond donors (Lipinski definition) is 2. The van der Waals surface area contributed by atoms with E-state index in [1.54, 1.807) is 30.3 Å². The molecule has 0 bridgehead atoms. The highest BCUT2D eigenvalue weighted by molar-refractivity contribution is 7.87. The maximum atomic E-state index is 13.5. The van der Waals surface area contributed by atoms with Gasteiger partial charge in [0.05, 0.1) is 19.4 Å². The molecule has 1 fully saturated rings. The van der Waals surface area contributed by atoms with Crippen LogP contribution in [0.4, 0.5) is 0 Å². The first-order chi connectivity index (χ1) is 14.8. The van der Waals surface area contributed by atoms with Gasteiger partial charge in [0.2, 0.25) is 5.91 Å². The summed E-state index contributed by atoms with van der Waals surface area (Å²) < 4.78 is 34.9. The van der Waals surface area contributed by atoms with Gasteiger partial charge < -0.3 is 10.5 Å². The number of rotatable bonds is 9. The lowest BCUT2D eigenvalue weighted by molar-refractivity contribution is -0.127. The number of aromatic nitrogens is 2. The summed E-state index contributed by atoms with van der Waals surface area (Å²) in [5, 5.41) is 5.08. The van der Waals surface area contributed by atoms with E-state index in [-0.39, 0.29) is 32.7 Å². The van der Waals surface area contributed by atoms with Gasteiger partial charge in [-0.1, -0.05) is 30.3 Å². The van der Waals surface area contributed by atoms with Crippen LogP contribution < -0.4 is 15.5 Å². The minimum absolute atomic E-state index is 0.0759. The number of hydrogen-bond acceptors (Lipinski definition) is 6. The van der Waals surface area contributed by atoms with Crippen molar-refractivity contribution in [1.82, 2.24) is 18.9 Å². The second-order valence-electron chi connectivity index (χ2n) is 7.06. The molecule has 1 saturated heterocycles. The van der Waals surface area contributed by atoms with Crippen LogP contribution in [0.3, 0.4) is 0 Å². The molecule has 1 aliphatic rings. The van der Waals surface area contributed by atoms with Gasteiger partial charge in [-0.05, 0) is 25.0 Å². The van der Waals surface area contributed by atoms with Gasteiger partial charge in [0.25, 0.3) is 16.1 Å². The van der Waals surface area contributed by atoms with Crippen LogP contribution in [0.25, 0.3) is 0 Å². The predicted octanol–water partition coefficient (Wildman–Crippen LogP) is -1.00. The number of carbonyl (C=O) groups excluding carboxylic acids is 2. The fourth-order valence-corrected chi connectivity index (χ4v) is 4.53. The molecule has 0 spiro atoms. The van der Waals surface area contributed by atoms with Crippen molar-refractivity contribution < 1.29 is 22.7 Å². The molecule has 168 valence electrons. The highest BCUT2D eigenvalue weighted by Gasteiger charge is 2.36. The minimum atomic E-state index is -3.99. The number of primary amides is 1. The topological polar surface area (TPSA) is 140 Å². The van der Waals surface area contributed by atoms with E-state index in [4.69, 9.17) is 10.5 Å². The summed E-state index contributed by atoms with van der Waals surface area (Å²) in [6.45, 7) is 2.37. The normalized spacial score (nSPS) is 17.1. The molecule has 3 rings (SSSR count). The van der Waals surface area contributed by atoms with Gasteiger partial charge in [-0.2, -0.15) is 27.3 Å². The second kappa shape index (κ2) is 10.0. The minimum Gasteiger partial charge on any atom is -0.379 e. The standard InChI is InChI=1S/C19H26N6O5S/c1-15(18(20)26)25(24-9-5-8-21-24)19(27)17(14-16-6-3-2-4-7-16)22-31(28,29)23-10-12-30-13-11-23/h2-9,15,17,22H,10-14H2,1H3,(H2,20,26)/t15-,17-/m0/s1. The van der Waals surface area contributed by atoms with Crippen LogP contribution >= 0.6 is 0 Å².